The van der Waals surface area contributed by atoms with E-state index in [0.717, 1.165) is 30.6 Å². The highest BCUT2D eigenvalue weighted by Gasteiger charge is 2.29. The molecule has 0 aliphatic carbocycles. The van der Waals surface area contributed by atoms with Crippen LogP contribution in [-0.4, -0.2) is 49.6 Å². The molecule has 26 heavy (non-hydrogen) atoms. The fourth-order valence-corrected chi connectivity index (χ4v) is 3.08. The maximum atomic E-state index is 12.1. The summed E-state index contributed by atoms with van der Waals surface area (Å²) >= 11 is 0. The monoisotopic (exact) mass is 372 g/mol. The van der Waals surface area contributed by atoms with Crippen molar-refractivity contribution >= 4 is 11.8 Å². The second kappa shape index (κ2) is 8.91. The zero-order valence-corrected chi connectivity index (χ0v) is 14.6. The molecule has 1 aliphatic heterocycles. The Balaban J connectivity index is 1.77. The lowest BCUT2D eigenvalue weighted by Crippen LogP contribution is -2.42. The number of rotatable bonds is 6. The van der Waals surface area contributed by atoms with E-state index in [9.17, 15) is 22.8 Å². The molecule has 1 heterocycles. The van der Waals surface area contributed by atoms with Gasteiger partial charge in [-0.05, 0) is 36.8 Å². The molecular weight excluding hydrogens is 349 g/mol. The Morgan fingerprint density at radius 1 is 1.23 bits per heavy atom. The van der Waals surface area contributed by atoms with Crippen molar-refractivity contribution in [1.29, 1.82) is 0 Å². The molecule has 2 rings (SSSR count). The maximum Gasteiger partial charge on any atom is 0.405 e. The molecule has 0 aromatic heterocycles. The molecule has 1 aromatic rings. The summed E-state index contributed by atoms with van der Waals surface area (Å²) in [6, 6.07) is 7.79. The van der Waals surface area contributed by atoms with Crippen molar-refractivity contribution in [3.63, 3.8) is 0 Å². The number of benzene rings is 1. The first kappa shape index (κ1) is 20.1. The molecule has 1 aliphatic rings. The first-order valence-corrected chi connectivity index (χ1v) is 8.51. The van der Waals surface area contributed by atoms with Gasteiger partial charge >= 0.3 is 6.18 Å². The minimum atomic E-state index is -4.48. The lowest BCUT2D eigenvalue weighted by atomic mass is 9.89. The first-order valence-electron chi connectivity index (χ1n) is 8.51. The van der Waals surface area contributed by atoms with Crippen molar-refractivity contribution in [1.82, 2.24) is 10.2 Å². The van der Waals surface area contributed by atoms with Crippen LogP contribution in [0.4, 0.5) is 13.2 Å². The van der Waals surface area contributed by atoms with Gasteiger partial charge in [-0.15, -0.1) is 0 Å². The van der Waals surface area contributed by atoms with Crippen LogP contribution in [0.1, 0.15) is 24.8 Å². The molecule has 1 N–H and O–H groups in total. The van der Waals surface area contributed by atoms with Crippen LogP contribution in [-0.2, 0) is 16.0 Å². The molecule has 1 fully saturated rings. The van der Waals surface area contributed by atoms with E-state index in [0.29, 0.717) is 19.0 Å². The van der Waals surface area contributed by atoms with E-state index in [-0.39, 0.29) is 0 Å². The molecule has 2 amide bonds. The minimum absolute atomic E-state index is 0.398. The standard InChI is InChI=1S/C18H23F3N2O3/c1-26-15-5-3-2-4-14(15)10-13-6-8-23(9-7-13)17(25)11-16(24)22-12-18(19,20)21/h2-5,13H,6-12H2,1H3,(H,22,24). The molecule has 0 spiro atoms. The summed E-state index contributed by atoms with van der Waals surface area (Å²) in [5.74, 6) is -0.0920. The predicted octanol–water partition coefficient (Wildman–Crippen LogP) is 2.54. The summed E-state index contributed by atoms with van der Waals surface area (Å²) in [7, 11) is 1.63. The molecule has 144 valence electrons. The lowest BCUT2D eigenvalue weighted by molar-refractivity contribution is -0.143. The summed E-state index contributed by atoms with van der Waals surface area (Å²) < 4.78 is 41.5. The number of ether oxygens (including phenoxy) is 1. The number of carbonyl (C=O) groups excluding carboxylic acids is 2. The van der Waals surface area contributed by atoms with Crippen LogP contribution < -0.4 is 10.1 Å². The number of likely N-dealkylation sites (tertiary alicyclic amines) is 1. The lowest BCUT2D eigenvalue weighted by Gasteiger charge is -2.32. The highest BCUT2D eigenvalue weighted by molar-refractivity contribution is 5.96. The van der Waals surface area contributed by atoms with Gasteiger partial charge in [0.1, 0.15) is 18.7 Å². The number of nitrogens with one attached hydrogen (secondary N) is 1. The number of nitrogens with zero attached hydrogens (tertiary/aromatic N) is 1. The van der Waals surface area contributed by atoms with Gasteiger partial charge in [-0.1, -0.05) is 18.2 Å². The van der Waals surface area contributed by atoms with Crippen molar-refractivity contribution in [3.05, 3.63) is 29.8 Å². The van der Waals surface area contributed by atoms with Crippen LogP contribution >= 0.6 is 0 Å². The van der Waals surface area contributed by atoms with Crippen LogP contribution in [0.2, 0.25) is 0 Å². The summed E-state index contributed by atoms with van der Waals surface area (Å²) in [6.07, 6.45) is -2.61. The number of piperidine rings is 1. The molecule has 0 bridgehead atoms. The first-order chi connectivity index (χ1) is 12.3. The van der Waals surface area contributed by atoms with Crippen molar-refractivity contribution in [2.75, 3.05) is 26.7 Å². The fourth-order valence-electron chi connectivity index (χ4n) is 3.08. The smallest absolute Gasteiger partial charge is 0.405 e. The van der Waals surface area contributed by atoms with Gasteiger partial charge in [-0.25, -0.2) is 0 Å². The second-order valence-electron chi connectivity index (χ2n) is 6.41. The van der Waals surface area contributed by atoms with Crippen molar-refractivity contribution in [2.45, 2.75) is 31.9 Å². The molecule has 0 radical (unpaired) electrons. The van der Waals surface area contributed by atoms with Gasteiger partial charge in [0, 0.05) is 13.1 Å². The average Bonchev–Trinajstić information content (AvgIpc) is 2.60. The third-order valence-corrected chi connectivity index (χ3v) is 4.47. The molecule has 0 atom stereocenters. The Bertz CT molecular complexity index is 626. The van der Waals surface area contributed by atoms with Gasteiger partial charge < -0.3 is 15.0 Å². The van der Waals surface area contributed by atoms with E-state index < -0.39 is 31.0 Å². The van der Waals surface area contributed by atoms with Crippen LogP contribution in [0, 0.1) is 5.92 Å². The molecule has 0 saturated carbocycles. The number of amides is 2. The summed E-state index contributed by atoms with van der Waals surface area (Å²) in [5, 5.41) is 1.72. The Hall–Kier alpha value is -2.25. The number of para-hydroxylation sites is 1. The Morgan fingerprint density at radius 3 is 2.50 bits per heavy atom. The van der Waals surface area contributed by atoms with E-state index in [4.69, 9.17) is 4.74 Å². The SMILES string of the molecule is COc1ccccc1CC1CCN(C(=O)CC(=O)NCC(F)(F)F)CC1. The number of halogens is 3. The average molecular weight is 372 g/mol. The second-order valence-corrected chi connectivity index (χ2v) is 6.41. The molecular formula is C18H23F3N2O3. The van der Waals surface area contributed by atoms with Crippen LogP contribution in [0.15, 0.2) is 24.3 Å². The molecule has 0 unspecified atom stereocenters. The van der Waals surface area contributed by atoms with Crippen molar-refractivity contribution < 1.29 is 27.5 Å². The van der Waals surface area contributed by atoms with Crippen LogP contribution in [0.3, 0.4) is 0 Å². The molecule has 8 heteroatoms. The summed E-state index contributed by atoms with van der Waals surface area (Å²) in [4.78, 5) is 25.1. The zero-order chi connectivity index (χ0) is 19.2. The van der Waals surface area contributed by atoms with E-state index in [1.165, 1.54) is 0 Å². The summed E-state index contributed by atoms with van der Waals surface area (Å²) in [5.41, 5.74) is 1.12. The Labute approximate surface area is 150 Å². The van der Waals surface area contributed by atoms with Gasteiger partial charge in [-0.2, -0.15) is 13.2 Å². The van der Waals surface area contributed by atoms with Crippen molar-refractivity contribution in [2.24, 2.45) is 5.92 Å². The Kier molecular flexibility index (Phi) is 6.88. The largest absolute Gasteiger partial charge is 0.496 e. The quantitative estimate of drug-likeness (QED) is 0.781. The van der Waals surface area contributed by atoms with Gasteiger partial charge in [0.15, 0.2) is 0 Å². The van der Waals surface area contributed by atoms with Crippen LogP contribution in [0.25, 0.3) is 0 Å². The molecule has 1 aromatic carbocycles. The Morgan fingerprint density at radius 2 is 1.88 bits per heavy atom. The van der Waals surface area contributed by atoms with E-state index in [1.807, 2.05) is 24.3 Å². The highest BCUT2D eigenvalue weighted by atomic mass is 19.4. The topological polar surface area (TPSA) is 58.6 Å². The van der Waals surface area contributed by atoms with Gasteiger partial charge in [0.25, 0.3) is 0 Å². The third-order valence-electron chi connectivity index (χ3n) is 4.47. The number of alkyl halides is 3. The van der Waals surface area contributed by atoms with Crippen molar-refractivity contribution in [3.8, 4) is 5.75 Å². The molecule has 5 nitrogen and oxygen atoms in total. The van der Waals surface area contributed by atoms with Gasteiger partial charge in [0.05, 0.1) is 7.11 Å². The normalized spacial score (nSPS) is 15.6. The maximum absolute atomic E-state index is 12.1. The van der Waals surface area contributed by atoms with E-state index >= 15 is 0 Å². The van der Waals surface area contributed by atoms with Gasteiger partial charge in [-0.3, -0.25) is 9.59 Å². The zero-order valence-electron chi connectivity index (χ0n) is 14.6. The highest BCUT2D eigenvalue weighted by Crippen LogP contribution is 2.26. The number of hydrogen-bond acceptors (Lipinski definition) is 3. The van der Waals surface area contributed by atoms with E-state index in [1.54, 1.807) is 17.3 Å². The number of carbonyl (C=O) groups is 2. The fraction of sp³-hybridized carbons (Fsp3) is 0.556. The van der Waals surface area contributed by atoms with Gasteiger partial charge in [0.2, 0.25) is 11.8 Å². The van der Waals surface area contributed by atoms with E-state index in [2.05, 4.69) is 0 Å². The number of hydrogen-bond donors (Lipinski definition) is 1. The van der Waals surface area contributed by atoms with Crippen LogP contribution in [0.5, 0.6) is 5.75 Å². The summed E-state index contributed by atoms with van der Waals surface area (Å²) in [6.45, 7) is -0.406. The third kappa shape index (κ3) is 6.24. The number of methoxy groups -OCH3 is 1. The molecule has 1 saturated heterocycles. The minimum Gasteiger partial charge on any atom is -0.496 e. The predicted molar refractivity (Wildman–Crippen MR) is 89.7 cm³/mol.